The van der Waals surface area contributed by atoms with Gasteiger partial charge in [0.15, 0.2) is 11.5 Å². The Morgan fingerprint density at radius 2 is 1.52 bits per heavy atom. The second-order valence-corrected chi connectivity index (χ2v) is 4.85. The van der Waals surface area contributed by atoms with Gasteiger partial charge in [-0.2, -0.15) is 20.1 Å². The van der Waals surface area contributed by atoms with E-state index >= 15 is 0 Å². The van der Waals surface area contributed by atoms with Crippen molar-refractivity contribution in [1.82, 2.24) is 15.0 Å². The monoisotopic (exact) mass is 345 g/mol. The zero-order valence-electron chi connectivity index (χ0n) is 14.8. The van der Waals surface area contributed by atoms with Crippen LogP contribution >= 0.6 is 0 Å². The Morgan fingerprint density at radius 3 is 2.08 bits per heavy atom. The Hall–Kier alpha value is -3.10. The summed E-state index contributed by atoms with van der Waals surface area (Å²) in [6, 6.07) is 5.51. The van der Waals surface area contributed by atoms with E-state index in [4.69, 9.17) is 9.47 Å². The molecule has 2 rings (SSSR count). The molecule has 1 aromatic carbocycles. The SMILES string of the molecule is CCNc1nc(NCC)nc(NN=Cc2ccc(OC)c(OC)c2)n1. The van der Waals surface area contributed by atoms with Crippen molar-refractivity contribution in [2.45, 2.75) is 13.8 Å². The molecular weight excluding hydrogens is 322 g/mol. The van der Waals surface area contributed by atoms with Crippen molar-refractivity contribution in [3.8, 4) is 11.5 Å². The number of ether oxygens (including phenoxy) is 2. The highest BCUT2D eigenvalue weighted by atomic mass is 16.5. The van der Waals surface area contributed by atoms with Crippen LogP contribution in [0.25, 0.3) is 0 Å². The molecular formula is C16H23N7O2. The van der Waals surface area contributed by atoms with Crippen molar-refractivity contribution in [1.29, 1.82) is 0 Å². The topological polar surface area (TPSA) is 106 Å². The second-order valence-electron chi connectivity index (χ2n) is 4.85. The van der Waals surface area contributed by atoms with Crippen LogP contribution in [0.2, 0.25) is 0 Å². The first-order valence-electron chi connectivity index (χ1n) is 7.95. The van der Waals surface area contributed by atoms with Gasteiger partial charge < -0.3 is 20.1 Å². The Morgan fingerprint density at radius 1 is 0.920 bits per heavy atom. The van der Waals surface area contributed by atoms with Crippen LogP contribution in [0, 0.1) is 0 Å². The maximum atomic E-state index is 5.27. The summed E-state index contributed by atoms with van der Waals surface area (Å²) in [6.07, 6.45) is 1.64. The number of hydrogen-bond acceptors (Lipinski definition) is 9. The third-order valence-electron chi connectivity index (χ3n) is 3.09. The molecule has 0 aliphatic rings. The highest BCUT2D eigenvalue weighted by Gasteiger charge is 2.05. The molecule has 2 aromatic rings. The van der Waals surface area contributed by atoms with E-state index < -0.39 is 0 Å². The van der Waals surface area contributed by atoms with Gasteiger partial charge in [-0.3, -0.25) is 0 Å². The molecule has 0 aliphatic heterocycles. The van der Waals surface area contributed by atoms with Crippen LogP contribution < -0.4 is 25.5 Å². The molecule has 0 unspecified atom stereocenters. The zero-order valence-corrected chi connectivity index (χ0v) is 14.8. The summed E-state index contributed by atoms with van der Waals surface area (Å²) >= 11 is 0. The molecule has 9 nitrogen and oxygen atoms in total. The van der Waals surface area contributed by atoms with Gasteiger partial charge in [0.05, 0.1) is 20.4 Å². The van der Waals surface area contributed by atoms with Gasteiger partial charge >= 0.3 is 0 Å². The predicted octanol–water partition coefficient (Wildman–Crippen LogP) is 2.20. The van der Waals surface area contributed by atoms with E-state index in [1.54, 1.807) is 20.4 Å². The van der Waals surface area contributed by atoms with Gasteiger partial charge in [0.25, 0.3) is 0 Å². The molecule has 0 saturated carbocycles. The Labute approximate surface area is 146 Å². The lowest BCUT2D eigenvalue weighted by atomic mass is 10.2. The fourth-order valence-corrected chi connectivity index (χ4v) is 2.00. The van der Waals surface area contributed by atoms with Crippen LogP contribution in [0.4, 0.5) is 17.8 Å². The van der Waals surface area contributed by atoms with Crippen LogP contribution in [0.15, 0.2) is 23.3 Å². The predicted molar refractivity (Wildman–Crippen MR) is 98.9 cm³/mol. The van der Waals surface area contributed by atoms with Crippen LogP contribution in [0.5, 0.6) is 11.5 Å². The van der Waals surface area contributed by atoms with E-state index in [0.717, 1.165) is 5.56 Å². The number of nitrogens with zero attached hydrogens (tertiary/aromatic N) is 4. The standard InChI is InChI=1S/C16H23N7O2/c1-5-17-14-20-15(18-6-2)22-16(21-14)23-19-10-11-7-8-12(24-3)13(9-11)25-4/h7-10H,5-6H2,1-4H3,(H3,17,18,20,21,22,23). The summed E-state index contributed by atoms with van der Waals surface area (Å²) in [7, 11) is 3.18. The summed E-state index contributed by atoms with van der Waals surface area (Å²) in [5, 5.41) is 10.3. The second kappa shape index (κ2) is 9.26. The molecule has 0 aliphatic carbocycles. The largest absolute Gasteiger partial charge is 0.493 e. The minimum atomic E-state index is 0.346. The molecule has 3 N–H and O–H groups in total. The smallest absolute Gasteiger partial charge is 0.250 e. The first-order valence-corrected chi connectivity index (χ1v) is 7.95. The van der Waals surface area contributed by atoms with Crippen molar-refractivity contribution in [3.05, 3.63) is 23.8 Å². The maximum Gasteiger partial charge on any atom is 0.250 e. The average Bonchev–Trinajstić information content (AvgIpc) is 2.62. The van der Waals surface area contributed by atoms with E-state index in [2.05, 4.69) is 36.1 Å². The van der Waals surface area contributed by atoms with Gasteiger partial charge in [0.1, 0.15) is 0 Å². The number of anilines is 3. The quantitative estimate of drug-likeness (QED) is 0.469. The van der Waals surface area contributed by atoms with Crippen LogP contribution in [-0.2, 0) is 0 Å². The number of nitrogens with one attached hydrogen (secondary N) is 3. The number of aromatic nitrogens is 3. The summed E-state index contributed by atoms with van der Waals surface area (Å²) < 4.78 is 10.5. The van der Waals surface area contributed by atoms with Gasteiger partial charge in [-0.05, 0) is 37.6 Å². The molecule has 0 bridgehead atoms. The van der Waals surface area contributed by atoms with Crippen molar-refractivity contribution in [3.63, 3.8) is 0 Å². The minimum absolute atomic E-state index is 0.346. The summed E-state index contributed by atoms with van der Waals surface area (Å²) in [5.74, 6) is 2.61. The van der Waals surface area contributed by atoms with Crippen molar-refractivity contribution < 1.29 is 9.47 Å². The van der Waals surface area contributed by atoms with Crippen molar-refractivity contribution >= 4 is 24.1 Å². The molecule has 0 atom stereocenters. The maximum absolute atomic E-state index is 5.27. The van der Waals surface area contributed by atoms with Crippen molar-refractivity contribution in [2.24, 2.45) is 5.10 Å². The number of methoxy groups -OCH3 is 2. The molecule has 25 heavy (non-hydrogen) atoms. The first kappa shape index (κ1) is 18.2. The summed E-state index contributed by atoms with van der Waals surface area (Å²) in [6.45, 7) is 5.37. The van der Waals surface area contributed by atoms with E-state index in [-0.39, 0.29) is 0 Å². The first-order chi connectivity index (χ1) is 12.2. The normalized spacial score (nSPS) is 10.6. The molecule has 134 valence electrons. The van der Waals surface area contributed by atoms with Gasteiger partial charge in [-0.15, -0.1) is 0 Å². The fraction of sp³-hybridized carbons (Fsp3) is 0.375. The third kappa shape index (κ3) is 5.20. The van der Waals surface area contributed by atoms with E-state index in [1.807, 2.05) is 32.0 Å². The number of hydrogen-bond donors (Lipinski definition) is 3. The van der Waals surface area contributed by atoms with Gasteiger partial charge in [-0.25, -0.2) is 5.43 Å². The van der Waals surface area contributed by atoms with E-state index in [9.17, 15) is 0 Å². The zero-order chi connectivity index (χ0) is 18.1. The van der Waals surface area contributed by atoms with Crippen molar-refractivity contribution in [2.75, 3.05) is 43.4 Å². The lowest BCUT2D eigenvalue weighted by Crippen LogP contribution is -2.10. The highest BCUT2D eigenvalue weighted by molar-refractivity contribution is 5.81. The summed E-state index contributed by atoms with van der Waals surface area (Å²) in [4.78, 5) is 12.8. The lowest BCUT2D eigenvalue weighted by molar-refractivity contribution is 0.355. The Bertz CT molecular complexity index is 697. The lowest BCUT2D eigenvalue weighted by Gasteiger charge is -2.08. The third-order valence-corrected chi connectivity index (χ3v) is 3.09. The molecule has 9 heteroatoms. The van der Waals surface area contributed by atoms with Gasteiger partial charge in [0, 0.05) is 13.1 Å². The molecule has 0 radical (unpaired) electrons. The fourth-order valence-electron chi connectivity index (χ4n) is 2.00. The van der Waals surface area contributed by atoms with E-state index in [1.165, 1.54) is 0 Å². The van der Waals surface area contributed by atoms with E-state index in [0.29, 0.717) is 42.4 Å². The average molecular weight is 345 g/mol. The molecule has 0 fully saturated rings. The van der Waals surface area contributed by atoms with Crippen LogP contribution in [-0.4, -0.2) is 48.5 Å². The molecule has 0 spiro atoms. The van der Waals surface area contributed by atoms with Crippen LogP contribution in [0.1, 0.15) is 19.4 Å². The van der Waals surface area contributed by atoms with Crippen LogP contribution in [0.3, 0.4) is 0 Å². The number of hydrazone groups is 1. The molecule has 1 aromatic heterocycles. The molecule has 0 amide bonds. The Kier molecular flexibility index (Phi) is 6.76. The number of benzene rings is 1. The number of rotatable bonds is 9. The highest BCUT2D eigenvalue weighted by Crippen LogP contribution is 2.26. The minimum Gasteiger partial charge on any atom is -0.493 e. The van der Waals surface area contributed by atoms with Gasteiger partial charge in [0.2, 0.25) is 17.8 Å². The summed E-state index contributed by atoms with van der Waals surface area (Å²) in [5.41, 5.74) is 3.66. The molecule has 0 saturated heterocycles. The Balaban J connectivity index is 2.13. The van der Waals surface area contributed by atoms with Gasteiger partial charge in [-0.1, -0.05) is 0 Å². The molecule has 1 heterocycles.